The van der Waals surface area contributed by atoms with Crippen LogP contribution in [0.25, 0.3) is 32.9 Å². The number of nitriles is 1. The second-order valence-corrected chi connectivity index (χ2v) is 6.66. The lowest BCUT2D eigenvalue weighted by Gasteiger charge is -2.08. The molecule has 148 valence electrons. The minimum atomic E-state index is -2.66. The maximum atomic E-state index is 13.7. The van der Waals surface area contributed by atoms with Crippen LogP contribution in [0.3, 0.4) is 0 Å². The Hall–Kier alpha value is -3.33. The summed E-state index contributed by atoms with van der Waals surface area (Å²) in [6.45, 7) is 3.52. The van der Waals surface area contributed by atoms with Crippen molar-refractivity contribution >= 4 is 21.8 Å². The molecule has 4 nitrogen and oxygen atoms in total. The van der Waals surface area contributed by atoms with Crippen LogP contribution in [0.4, 0.5) is 8.78 Å². The van der Waals surface area contributed by atoms with E-state index in [9.17, 15) is 14.0 Å². The molecular formula is C23H22F2N4. The van der Waals surface area contributed by atoms with Gasteiger partial charge in [0.05, 0.1) is 22.3 Å². The molecule has 3 heterocycles. The first-order chi connectivity index (χ1) is 14.0. The molecule has 0 saturated carbocycles. The summed E-state index contributed by atoms with van der Waals surface area (Å²) in [5.74, 6) is 0. The number of aryl methyl sites for hydroxylation is 1. The molecule has 0 aliphatic heterocycles. The topological polar surface area (TPSA) is 54.5 Å². The molecule has 4 aromatic rings. The Morgan fingerprint density at radius 3 is 2.41 bits per heavy atom. The minimum Gasteiger partial charge on any atom is -0.284 e. The van der Waals surface area contributed by atoms with Crippen LogP contribution in [0.15, 0.2) is 48.9 Å². The van der Waals surface area contributed by atoms with Gasteiger partial charge in [-0.1, -0.05) is 39.3 Å². The monoisotopic (exact) mass is 392 g/mol. The van der Waals surface area contributed by atoms with Gasteiger partial charge < -0.3 is 0 Å². The van der Waals surface area contributed by atoms with Crippen LogP contribution in [-0.4, -0.2) is 14.5 Å². The number of pyridine rings is 2. The van der Waals surface area contributed by atoms with Gasteiger partial charge in [0.25, 0.3) is 0 Å². The van der Waals surface area contributed by atoms with Crippen molar-refractivity contribution in [3.05, 3.63) is 60.2 Å². The second kappa shape index (κ2) is 8.78. The van der Waals surface area contributed by atoms with Crippen LogP contribution in [0.2, 0.25) is 0 Å². The molecule has 0 fully saturated rings. The highest BCUT2D eigenvalue weighted by Gasteiger charge is 2.17. The highest BCUT2D eigenvalue weighted by atomic mass is 19.3. The molecule has 0 radical (unpaired) electrons. The first-order valence-corrected chi connectivity index (χ1v) is 9.60. The Bertz CT molecular complexity index is 1190. The zero-order chi connectivity index (χ0) is 21.0. The van der Waals surface area contributed by atoms with Gasteiger partial charge in [-0.2, -0.15) is 14.0 Å². The fraction of sp³-hybridized carbons (Fsp3) is 0.261. The lowest BCUT2D eigenvalue weighted by molar-refractivity contribution is 0.0796. The van der Waals surface area contributed by atoms with Crippen molar-refractivity contribution in [3.63, 3.8) is 0 Å². The van der Waals surface area contributed by atoms with Crippen molar-refractivity contribution in [2.24, 2.45) is 0 Å². The summed E-state index contributed by atoms with van der Waals surface area (Å²) in [7, 11) is 0. The van der Waals surface area contributed by atoms with E-state index in [-0.39, 0.29) is 0 Å². The molecule has 0 saturated heterocycles. The number of rotatable bonds is 3. The molecule has 0 aliphatic rings. The first kappa shape index (κ1) is 20.4. The average molecular weight is 392 g/mol. The molecule has 0 spiro atoms. The van der Waals surface area contributed by atoms with Gasteiger partial charge in [0.2, 0.25) is 0 Å². The minimum absolute atomic E-state index is 0.429. The van der Waals surface area contributed by atoms with Crippen molar-refractivity contribution in [1.82, 2.24) is 14.5 Å². The number of fused-ring (bicyclic) bond motifs is 3. The third-order valence-corrected chi connectivity index (χ3v) is 4.56. The number of benzene rings is 1. The van der Waals surface area contributed by atoms with Crippen molar-refractivity contribution in [2.45, 2.75) is 40.2 Å². The maximum absolute atomic E-state index is 13.7. The molecule has 0 aliphatic carbocycles. The van der Waals surface area contributed by atoms with Crippen LogP contribution < -0.4 is 0 Å². The summed E-state index contributed by atoms with van der Waals surface area (Å²) in [5, 5.41) is 10.7. The predicted molar refractivity (Wildman–Crippen MR) is 112 cm³/mol. The maximum Gasteiger partial charge on any atom is 0.319 e. The van der Waals surface area contributed by atoms with E-state index in [2.05, 4.69) is 29.9 Å². The Balaban J connectivity index is 0.000000755. The summed E-state index contributed by atoms with van der Waals surface area (Å²) in [5.41, 5.74) is 3.57. The molecule has 0 N–H and O–H groups in total. The normalized spacial score (nSPS) is 10.8. The Morgan fingerprint density at radius 2 is 1.76 bits per heavy atom. The van der Waals surface area contributed by atoms with Crippen LogP contribution in [0.5, 0.6) is 0 Å². The molecule has 0 amide bonds. The van der Waals surface area contributed by atoms with E-state index in [0.717, 1.165) is 26.8 Å². The molecule has 4 rings (SSSR count). The van der Waals surface area contributed by atoms with Crippen molar-refractivity contribution in [3.8, 4) is 17.2 Å². The molecule has 0 unspecified atom stereocenters. The summed E-state index contributed by atoms with van der Waals surface area (Å²) >= 11 is 0. The molecule has 29 heavy (non-hydrogen) atoms. The highest BCUT2D eigenvalue weighted by molar-refractivity contribution is 6.08. The number of aromatic nitrogens is 3. The third-order valence-electron chi connectivity index (χ3n) is 4.56. The van der Waals surface area contributed by atoms with Crippen LogP contribution in [0, 0.1) is 11.3 Å². The van der Waals surface area contributed by atoms with Gasteiger partial charge in [-0.15, -0.1) is 0 Å². The van der Waals surface area contributed by atoms with E-state index in [0.29, 0.717) is 28.4 Å². The number of halogens is 2. The number of hydrogen-bond donors (Lipinski definition) is 0. The Labute approximate surface area is 168 Å². The van der Waals surface area contributed by atoms with E-state index in [1.807, 2.05) is 19.1 Å². The molecular weight excluding hydrogens is 370 g/mol. The summed E-state index contributed by atoms with van der Waals surface area (Å²) < 4.78 is 28.4. The van der Waals surface area contributed by atoms with E-state index < -0.39 is 6.55 Å². The van der Waals surface area contributed by atoms with E-state index in [1.54, 1.807) is 30.6 Å². The lowest BCUT2D eigenvalue weighted by Crippen LogP contribution is -1.97. The van der Waals surface area contributed by atoms with Gasteiger partial charge in [0.1, 0.15) is 6.07 Å². The van der Waals surface area contributed by atoms with Gasteiger partial charge in [-0.25, -0.2) is 0 Å². The first-order valence-electron chi connectivity index (χ1n) is 9.60. The van der Waals surface area contributed by atoms with Crippen LogP contribution in [-0.2, 0) is 6.42 Å². The molecule has 6 heteroatoms. The van der Waals surface area contributed by atoms with Gasteiger partial charge in [0.15, 0.2) is 0 Å². The zero-order valence-corrected chi connectivity index (χ0v) is 16.7. The third kappa shape index (κ3) is 3.81. The van der Waals surface area contributed by atoms with Gasteiger partial charge >= 0.3 is 6.55 Å². The van der Waals surface area contributed by atoms with Gasteiger partial charge in [0, 0.05) is 34.9 Å². The van der Waals surface area contributed by atoms with Crippen molar-refractivity contribution in [1.29, 1.82) is 5.26 Å². The number of alkyl halides is 2. The number of nitrogens with zero attached hydrogens (tertiary/aromatic N) is 4. The highest BCUT2D eigenvalue weighted by Crippen LogP contribution is 2.35. The molecule has 3 aromatic heterocycles. The Morgan fingerprint density at radius 1 is 1.00 bits per heavy atom. The fourth-order valence-corrected chi connectivity index (χ4v) is 3.31. The van der Waals surface area contributed by atoms with Crippen LogP contribution >= 0.6 is 0 Å². The van der Waals surface area contributed by atoms with Crippen LogP contribution in [0.1, 0.15) is 45.0 Å². The summed E-state index contributed by atoms with van der Waals surface area (Å²) in [6, 6.07) is 10.9. The van der Waals surface area contributed by atoms with Gasteiger partial charge in [-0.3, -0.25) is 14.5 Å². The van der Waals surface area contributed by atoms with E-state index in [1.165, 1.54) is 12.6 Å². The Kier molecular flexibility index (Phi) is 6.18. The second-order valence-electron chi connectivity index (χ2n) is 6.66. The summed E-state index contributed by atoms with van der Waals surface area (Å²) in [6.07, 6.45) is 6.70. The van der Waals surface area contributed by atoms with Crippen molar-refractivity contribution < 1.29 is 8.78 Å². The standard InChI is InChI=1S/C20H14F2N4.C3H8/c1-2-17-13(9-23)7-14(10-25-17)12-3-4-15-16-11-24-6-5-18(16)26(20(21)22)19(15)8-12;1-3-2/h3-8,10-11,20H,2H2,1H3;3H2,1-2H3. The predicted octanol–water partition coefficient (Wildman–Crippen LogP) is 6.50. The lowest BCUT2D eigenvalue weighted by atomic mass is 10.0. The zero-order valence-electron chi connectivity index (χ0n) is 16.7. The van der Waals surface area contributed by atoms with E-state index >= 15 is 0 Å². The quantitative estimate of drug-likeness (QED) is 0.400. The smallest absolute Gasteiger partial charge is 0.284 e. The molecule has 0 bridgehead atoms. The fourth-order valence-electron chi connectivity index (χ4n) is 3.31. The summed E-state index contributed by atoms with van der Waals surface area (Å²) in [4.78, 5) is 8.39. The average Bonchev–Trinajstić information content (AvgIpc) is 3.07. The van der Waals surface area contributed by atoms with Crippen molar-refractivity contribution in [2.75, 3.05) is 0 Å². The SMILES string of the molecule is CCC.CCc1ncc(-c2ccc3c4cnccc4n(C(F)F)c3c2)cc1C#N. The van der Waals surface area contributed by atoms with E-state index in [4.69, 9.17) is 0 Å². The largest absolute Gasteiger partial charge is 0.319 e. The molecule has 0 atom stereocenters. The number of hydrogen-bond acceptors (Lipinski definition) is 3. The molecule has 1 aromatic carbocycles. The van der Waals surface area contributed by atoms with Gasteiger partial charge in [-0.05, 0) is 30.2 Å².